The number of rotatable bonds is 2. The zero-order valence-corrected chi connectivity index (χ0v) is 8.06. The van der Waals surface area contributed by atoms with Crippen LogP contribution < -0.4 is 5.32 Å². The van der Waals surface area contributed by atoms with Gasteiger partial charge in [0.2, 0.25) is 0 Å². The van der Waals surface area contributed by atoms with Gasteiger partial charge in [0.15, 0.2) is 0 Å². The lowest BCUT2D eigenvalue weighted by Gasteiger charge is -2.07. The van der Waals surface area contributed by atoms with Crippen molar-refractivity contribution in [1.29, 1.82) is 0 Å². The van der Waals surface area contributed by atoms with Gasteiger partial charge in [-0.1, -0.05) is 15.9 Å². The van der Waals surface area contributed by atoms with Crippen molar-refractivity contribution in [3.05, 3.63) is 0 Å². The van der Waals surface area contributed by atoms with Gasteiger partial charge in [0, 0.05) is 11.4 Å². The molecule has 1 N–H and O–H groups in total. The van der Waals surface area contributed by atoms with E-state index >= 15 is 0 Å². The normalized spacial score (nSPS) is 30.4. The van der Waals surface area contributed by atoms with Crippen molar-refractivity contribution in [3.63, 3.8) is 0 Å². The van der Waals surface area contributed by atoms with Crippen molar-refractivity contribution in [1.82, 2.24) is 5.32 Å². The Bertz CT molecular complexity index is 151. The summed E-state index contributed by atoms with van der Waals surface area (Å²) in [6.07, 6.45) is 0.832. The Labute approximate surface area is 74.6 Å². The molecule has 1 heterocycles. The topological polar surface area (TPSA) is 38.3 Å². The number of hydrogen-bond donors (Lipinski definition) is 1. The van der Waals surface area contributed by atoms with E-state index in [0.29, 0.717) is 11.4 Å². The fourth-order valence-electron chi connectivity index (χ4n) is 1.11. The Morgan fingerprint density at radius 2 is 2.55 bits per heavy atom. The minimum absolute atomic E-state index is 0.0978. The van der Waals surface area contributed by atoms with E-state index in [1.165, 1.54) is 0 Å². The third-order valence-electron chi connectivity index (χ3n) is 1.65. The van der Waals surface area contributed by atoms with Gasteiger partial charge in [-0.05, 0) is 13.3 Å². The van der Waals surface area contributed by atoms with Crippen LogP contribution in [-0.4, -0.2) is 30.0 Å². The van der Waals surface area contributed by atoms with Crippen LogP contribution in [0.3, 0.4) is 0 Å². The van der Waals surface area contributed by atoms with Crippen LogP contribution in [0.1, 0.15) is 13.3 Å². The molecule has 1 unspecified atom stereocenters. The van der Waals surface area contributed by atoms with Crippen molar-refractivity contribution < 1.29 is 9.53 Å². The van der Waals surface area contributed by atoms with E-state index in [0.717, 1.165) is 13.0 Å². The largest absolute Gasteiger partial charge is 0.465 e. The van der Waals surface area contributed by atoms with Gasteiger partial charge in [-0.25, -0.2) is 0 Å². The van der Waals surface area contributed by atoms with Crippen LogP contribution >= 0.6 is 15.9 Å². The number of ether oxygens (including phenoxy) is 1. The average molecular weight is 222 g/mol. The summed E-state index contributed by atoms with van der Waals surface area (Å²) in [4.78, 5) is 11.5. The van der Waals surface area contributed by atoms with Crippen LogP contribution in [0.5, 0.6) is 0 Å². The Hall–Kier alpha value is -0.0900. The number of alkyl halides is 1. The molecular formula is C7H12BrNO2. The first-order valence-electron chi connectivity index (χ1n) is 3.78. The number of esters is 1. The number of hydrogen-bond acceptors (Lipinski definition) is 3. The van der Waals surface area contributed by atoms with Crippen molar-refractivity contribution in [2.24, 2.45) is 0 Å². The standard InChI is InChI=1S/C7H12BrNO2/c1-2-11-7(10)6-3-5(8)4-9-6/h5-6,9H,2-4H2,1H3/t5?,6-/m0/s1. The van der Waals surface area contributed by atoms with E-state index in [-0.39, 0.29) is 12.0 Å². The molecule has 11 heavy (non-hydrogen) atoms. The van der Waals surface area contributed by atoms with E-state index in [4.69, 9.17) is 4.74 Å². The number of carbonyl (C=O) groups excluding carboxylic acids is 1. The molecule has 1 aliphatic heterocycles. The SMILES string of the molecule is CCOC(=O)[C@@H]1CC(Br)CN1. The Morgan fingerprint density at radius 3 is 3.00 bits per heavy atom. The van der Waals surface area contributed by atoms with E-state index in [9.17, 15) is 4.79 Å². The zero-order valence-electron chi connectivity index (χ0n) is 6.47. The van der Waals surface area contributed by atoms with Gasteiger partial charge in [0.05, 0.1) is 6.61 Å². The Balaban J connectivity index is 2.31. The third-order valence-corrected chi connectivity index (χ3v) is 2.35. The minimum Gasteiger partial charge on any atom is -0.465 e. The molecular weight excluding hydrogens is 210 g/mol. The first kappa shape index (κ1) is 9.00. The van der Waals surface area contributed by atoms with Gasteiger partial charge in [0.25, 0.3) is 0 Å². The van der Waals surface area contributed by atoms with Crippen molar-refractivity contribution >= 4 is 21.9 Å². The highest BCUT2D eigenvalue weighted by atomic mass is 79.9. The van der Waals surface area contributed by atoms with Gasteiger partial charge in [-0.3, -0.25) is 4.79 Å². The molecule has 0 bridgehead atoms. The molecule has 0 aromatic carbocycles. The molecule has 0 spiro atoms. The lowest BCUT2D eigenvalue weighted by molar-refractivity contribution is -0.145. The average Bonchev–Trinajstić information content (AvgIpc) is 2.36. The molecule has 1 aliphatic rings. The monoisotopic (exact) mass is 221 g/mol. The fraction of sp³-hybridized carbons (Fsp3) is 0.857. The molecule has 3 nitrogen and oxygen atoms in total. The highest BCUT2D eigenvalue weighted by Crippen LogP contribution is 2.14. The molecule has 2 atom stereocenters. The molecule has 1 rings (SSSR count). The summed E-state index contributed by atoms with van der Waals surface area (Å²) in [5.41, 5.74) is 0. The molecule has 64 valence electrons. The molecule has 1 saturated heterocycles. The second-order valence-corrected chi connectivity index (χ2v) is 3.84. The van der Waals surface area contributed by atoms with Gasteiger partial charge < -0.3 is 10.1 Å². The van der Waals surface area contributed by atoms with Crippen molar-refractivity contribution in [2.75, 3.05) is 13.2 Å². The molecule has 0 aromatic rings. The van der Waals surface area contributed by atoms with Crippen LogP contribution in [0.2, 0.25) is 0 Å². The molecule has 0 aromatic heterocycles. The first-order valence-corrected chi connectivity index (χ1v) is 4.69. The van der Waals surface area contributed by atoms with Crippen LogP contribution in [0.4, 0.5) is 0 Å². The van der Waals surface area contributed by atoms with E-state index in [1.807, 2.05) is 6.92 Å². The molecule has 1 fully saturated rings. The van der Waals surface area contributed by atoms with Crippen molar-refractivity contribution in [2.45, 2.75) is 24.2 Å². The fourth-order valence-corrected chi connectivity index (χ4v) is 1.68. The quantitative estimate of drug-likeness (QED) is 0.551. The van der Waals surface area contributed by atoms with Crippen LogP contribution in [0.25, 0.3) is 0 Å². The maximum Gasteiger partial charge on any atom is 0.323 e. The van der Waals surface area contributed by atoms with Crippen LogP contribution in [0.15, 0.2) is 0 Å². The summed E-state index contributed by atoms with van der Waals surface area (Å²) < 4.78 is 4.85. The van der Waals surface area contributed by atoms with E-state index in [1.54, 1.807) is 0 Å². The maximum atomic E-state index is 11.1. The zero-order chi connectivity index (χ0) is 8.27. The van der Waals surface area contributed by atoms with Crippen LogP contribution in [-0.2, 0) is 9.53 Å². The van der Waals surface area contributed by atoms with E-state index in [2.05, 4.69) is 21.2 Å². The predicted octanol–water partition coefficient (Wildman–Crippen LogP) is 0.675. The number of carbonyl (C=O) groups is 1. The van der Waals surface area contributed by atoms with Gasteiger partial charge in [0.1, 0.15) is 6.04 Å². The minimum atomic E-state index is -0.130. The van der Waals surface area contributed by atoms with Gasteiger partial charge >= 0.3 is 5.97 Å². The molecule has 0 aliphatic carbocycles. The second kappa shape index (κ2) is 4.07. The summed E-state index contributed by atoms with van der Waals surface area (Å²) in [6, 6.07) is -0.0978. The summed E-state index contributed by atoms with van der Waals surface area (Å²) >= 11 is 3.43. The molecule has 0 amide bonds. The second-order valence-electron chi connectivity index (χ2n) is 2.55. The summed E-state index contributed by atoms with van der Waals surface area (Å²) in [6.45, 7) is 3.13. The highest BCUT2D eigenvalue weighted by Gasteiger charge is 2.28. The lowest BCUT2D eigenvalue weighted by Crippen LogP contribution is -2.32. The van der Waals surface area contributed by atoms with Gasteiger partial charge in [-0.15, -0.1) is 0 Å². The highest BCUT2D eigenvalue weighted by molar-refractivity contribution is 9.09. The molecule has 0 saturated carbocycles. The van der Waals surface area contributed by atoms with E-state index < -0.39 is 0 Å². The Morgan fingerprint density at radius 1 is 1.82 bits per heavy atom. The van der Waals surface area contributed by atoms with Gasteiger partial charge in [-0.2, -0.15) is 0 Å². The van der Waals surface area contributed by atoms with Crippen molar-refractivity contribution in [3.8, 4) is 0 Å². The smallest absolute Gasteiger partial charge is 0.323 e. The number of nitrogens with one attached hydrogen (secondary N) is 1. The number of halogens is 1. The molecule has 4 heteroatoms. The Kier molecular flexibility index (Phi) is 3.33. The summed E-state index contributed by atoms with van der Waals surface area (Å²) in [7, 11) is 0. The predicted molar refractivity (Wildman–Crippen MR) is 45.8 cm³/mol. The maximum absolute atomic E-state index is 11.1. The summed E-state index contributed by atoms with van der Waals surface area (Å²) in [5, 5.41) is 3.07. The van der Waals surface area contributed by atoms with Crippen LogP contribution in [0, 0.1) is 0 Å². The third kappa shape index (κ3) is 2.45. The first-order chi connectivity index (χ1) is 5.24. The lowest BCUT2D eigenvalue weighted by atomic mass is 10.2. The summed E-state index contributed by atoms with van der Waals surface area (Å²) in [5.74, 6) is -0.130. The molecule has 0 radical (unpaired) electrons.